The van der Waals surface area contributed by atoms with Crippen LogP contribution in [0.2, 0.25) is 0 Å². The van der Waals surface area contributed by atoms with Gasteiger partial charge in [0.15, 0.2) is 5.78 Å². The lowest BCUT2D eigenvalue weighted by molar-refractivity contribution is -0.171. The molecule has 0 heterocycles. The molecule has 0 amide bonds. The number of carbonyl (C=O) groups is 1. The molecule has 3 heteroatoms. The Labute approximate surface area is 139 Å². The summed E-state index contributed by atoms with van der Waals surface area (Å²) in [6, 6.07) is 0. The lowest BCUT2D eigenvalue weighted by atomic mass is 9.44. The molecule has 2 N–H and O–H groups in total. The number of rotatable bonds is 0. The highest BCUT2D eigenvalue weighted by atomic mass is 16.3. The van der Waals surface area contributed by atoms with Crippen molar-refractivity contribution in [1.29, 1.82) is 0 Å². The number of ketones is 1. The van der Waals surface area contributed by atoms with E-state index in [4.69, 9.17) is 0 Å². The molecule has 23 heavy (non-hydrogen) atoms. The summed E-state index contributed by atoms with van der Waals surface area (Å²) in [7, 11) is 0. The normalized spacial score (nSPS) is 56.0. The highest BCUT2D eigenvalue weighted by Crippen LogP contribution is 2.65. The predicted molar refractivity (Wildman–Crippen MR) is 88.7 cm³/mol. The molecule has 4 saturated carbocycles. The van der Waals surface area contributed by atoms with Crippen molar-refractivity contribution >= 4 is 5.78 Å². The molecule has 128 valence electrons. The molecule has 4 aliphatic rings. The number of hydrogen-bond acceptors (Lipinski definition) is 3. The van der Waals surface area contributed by atoms with Crippen LogP contribution in [0.25, 0.3) is 0 Å². The van der Waals surface area contributed by atoms with Crippen molar-refractivity contribution in [2.24, 2.45) is 34.5 Å². The minimum atomic E-state index is -0.327. The second-order valence-corrected chi connectivity index (χ2v) is 9.32. The molecule has 8 atom stereocenters. The van der Waals surface area contributed by atoms with Crippen molar-refractivity contribution in [3.05, 3.63) is 12.2 Å². The van der Waals surface area contributed by atoms with Gasteiger partial charge in [-0.25, -0.2) is 0 Å². The molecule has 4 rings (SSSR count). The Morgan fingerprint density at radius 2 is 1.83 bits per heavy atom. The molecule has 0 spiro atoms. The van der Waals surface area contributed by atoms with Crippen LogP contribution >= 0.6 is 0 Å². The quantitative estimate of drug-likeness (QED) is 0.675. The summed E-state index contributed by atoms with van der Waals surface area (Å²) < 4.78 is 0. The van der Waals surface area contributed by atoms with E-state index >= 15 is 0 Å². The molecule has 3 unspecified atom stereocenters. The van der Waals surface area contributed by atoms with Gasteiger partial charge >= 0.3 is 0 Å². The first-order valence-corrected chi connectivity index (χ1v) is 9.36. The zero-order valence-electron chi connectivity index (χ0n) is 14.4. The van der Waals surface area contributed by atoms with Crippen molar-refractivity contribution in [3.63, 3.8) is 0 Å². The first-order chi connectivity index (χ1) is 10.8. The lowest BCUT2D eigenvalue weighted by Crippen LogP contribution is -2.58. The van der Waals surface area contributed by atoms with Gasteiger partial charge in [0.2, 0.25) is 0 Å². The Balaban J connectivity index is 1.71. The molecule has 0 saturated heterocycles. The van der Waals surface area contributed by atoms with E-state index in [1.54, 1.807) is 0 Å². The first-order valence-electron chi connectivity index (χ1n) is 9.36. The van der Waals surface area contributed by atoms with Gasteiger partial charge in [0.25, 0.3) is 0 Å². The zero-order valence-corrected chi connectivity index (χ0v) is 14.4. The number of carbonyl (C=O) groups excluding carboxylic acids is 1. The number of fused-ring (bicyclic) bond motifs is 5. The van der Waals surface area contributed by atoms with E-state index in [-0.39, 0.29) is 40.7 Å². The van der Waals surface area contributed by atoms with Gasteiger partial charge in [-0.3, -0.25) is 4.79 Å². The SMILES string of the molecule is C=C1C[C@H]2[C@@H]3C(O)CC4CC(O)CC[C@]4(C)[C@@H]3CC[C@]2(C)C1=O. The molecule has 3 nitrogen and oxygen atoms in total. The molecular weight excluding hydrogens is 288 g/mol. The average molecular weight is 318 g/mol. The van der Waals surface area contributed by atoms with Crippen LogP contribution in [0.5, 0.6) is 0 Å². The van der Waals surface area contributed by atoms with E-state index in [1.807, 2.05) is 0 Å². The third-order valence-corrected chi connectivity index (χ3v) is 8.35. The van der Waals surface area contributed by atoms with Crippen molar-refractivity contribution in [3.8, 4) is 0 Å². The highest BCUT2D eigenvalue weighted by Gasteiger charge is 2.63. The molecule has 4 aliphatic carbocycles. The van der Waals surface area contributed by atoms with Gasteiger partial charge in [0.05, 0.1) is 12.2 Å². The van der Waals surface area contributed by atoms with E-state index in [9.17, 15) is 15.0 Å². The molecule has 0 aromatic heterocycles. The van der Waals surface area contributed by atoms with Gasteiger partial charge in [-0.15, -0.1) is 0 Å². The number of aliphatic hydroxyl groups is 2. The Kier molecular flexibility index (Phi) is 3.39. The van der Waals surface area contributed by atoms with Crippen LogP contribution in [0.4, 0.5) is 0 Å². The Hall–Kier alpha value is -0.670. The van der Waals surface area contributed by atoms with Gasteiger partial charge in [-0.1, -0.05) is 20.4 Å². The van der Waals surface area contributed by atoms with Gasteiger partial charge in [0, 0.05) is 5.41 Å². The minimum absolute atomic E-state index is 0.196. The van der Waals surface area contributed by atoms with E-state index in [0.717, 1.165) is 50.5 Å². The van der Waals surface area contributed by atoms with E-state index < -0.39 is 0 Å². The topological polar surface area (TPSA) is 57.5 Å². The van der Waals surface area contributed by atoms with E-state index in [0.29, 0.717) is 11.8 Å². The van der Waals surface area contributed by atoms with Gasteiger partial charge in [-0.2, -0.15) is 0 Å². The first kappa shape index (κ1) is 15.8. The van der Waals surface area contributed by atoms with Crippen molar-refractivity contribution in [1.82, 2.24) is 0 Å². The van der Waals surface area contributed by atoms with Crippen LogP contribution in [-0.2, 0) is 4.79 Å². The average Bonchev–Trinajstić information content (AvgIpc) is 2.73. The van der Waals surface area contributed by atoms with Crippen molar-refractivity contribution < 1.29 is 15.0 Å². The van der Waals surface area contributed by atoms with Gasteiger partial charge in [-0.05, 0) is 79.6 Å². The third-order valence-electron chi connectivity index (χ3n) is 8.35. The van der Waals surface area contributed by atoms with Crippen LogP contribution < -0.4 is 0 Å². The van der Waals surface area contributed by atoms with E-state index in [2.05, 4.69) is 20.4 Å². The Bertz CT molecular complexity index is 555. The van der Waals surface area contributed by atoms with Gasteiger partial charge in [0.1, 0.15) is 0 Å². The fourth-order valence-electron chi connectivity index (χ4n) is 6.95. The second-order valence-electron chi connectivity index (χ2n) is 9.32. The van der Waals surface area contributed by atoms with Crippen LogP contribution in [-0.4, -0.2) is 28.2 Å². The second kappa shape index (κ2) is 4.92. The molecule has 0 aliphatic heterocycles. The van der Waals surface area contributed by atoms with Crippen LogP contribution in [0.15, 0.2) is 12.2 Å². The summed E-state index contributed by atoms with van der Waals surface area (Å²) in [4.78, 5) is 12.6. The summed E-state index contributed by atoms with van der Waals surface area (Å²) in [6.45, 7) is 8.51. The lowest BCUT2D eigenvalue weighted by Gasteiger charge is -2.61. The Morgan fingerprint density at radius 3 is 2.57 bits per heavy atom. The number of Topliss-reactive ketones (excluding diaryl/α,β-unsaturated/α-hetero) is 1. The molecular formula is C20H30O3. The number of aliphatic hydroxyl groups excluding tert-OH is 2. The summed E-state index contributed by atoms with van der Waals surface area (Å²) in [5.41, 5.74) is 0.699. The standard InChI is InChI=1S/C20H30O3/c1-11-8-15-17-14(5-7-20(15,3)18(11)23)19(2)6-4-13(21)9-12(19)10-16(17)22/h12-17,21-22H,1,4-10H2,2-3H3/t12?,13?,14-,15+,16?,17-,19+,20+/m1/s1. The maximum Gasteiger partial charge on any atom is 0.164 e. The van der Waals surface area contributed by atoms with E-state index in [1.165, 1.54) is 0 Å². The van der Waals surface area contributed by atoms with Crippen molar-refractivity contribution in [2.45, 2.75) is 71.0 Å². The van der Waals surface area contributed by atoms with Crippen LogP contribution in [0, 0.1) is 34.5 Å². The molecule has 4 fully saturated rings. The fourth-order valence-corrected chi connectivity index (χ4v) is 6.95. The maximum atomic E-state index is 12.6. The minimum Gasteiger partial charge on any atom is -0.393 e. The van der Waals surface area contributed by atoms with Crippen LogP contribution in [0.1, 0.15) is 58.8 Å². The fraction of sp³-hybridized carbons (Fsp3) is 0.850. The molecule has 0 aromatic carbocycles. The third kappa shape index (κ3) is 1.99. The molecule has 0 radical (unpaired) electrons. The van der Waals surface area contributed by atoms with Gasteiger partial charge < -0.3 is 10.2 Å². The largest absolute Gasteiger partial charge is 0.393 e. The predicted octanol–water partition coefficient (Wildman–Crippen LogP) is 3.10. The summed E-state index contributed by atoms with van der Waals surface area (Å²) in [5, 5.41) is 21.0. The summed E-state index contributed by atoms with van der Waals surface area (Å²) >= 11 is 0. The molecule has 0 bridgehead atoms. The summed E-state index contributed by atoms with van der Waals surface area (Å²) in [5.74, 6) is 1.65. The monoisotopic (exact) mass is 318 g/mol. The highest BCUT2D eigenvalue weighted by molar-refractivity contribution is 6.02. The zero-order chi connectivity index (χ0) is 16.6. The Morgan fingerprint density at radius 1 is 1.09 bits per heavy atom. The maximum absolute atomic E-state index is 12.6. The van der Waals surface area contributed by atoms with Crippen molar-refractivity contribution in [2.75, 3.05) is 0 Å². The molecule has 0 aromatic rings. The summed E-state index contributed by atoms with van der Waals surface area (Å²) in [6.07, 6.45) is 5.81. The number of allylic oxidation sites excluding steroid dienone is 1. The smallest absolute Gasteiger partial charge is 0.164 e. The van der Waals surface area contributed by atoms with Crippen LogP contribution in [0.3, 0.4) is 0 Å². The number of hydrogen-bond donors (Lipinski definition) is 2.